The third kappa shape index (κ3) is 6.60. The number of amides is 2. The van der Waals surface area contributed by atoms with Gasteiger partial charge in [0.25, 0.3) is 5.91 Å². The quantitative estimate of drug-likeness (QED) is 0.381. The molecule has 4 bridgehead atoms. The standard InChI is InChI=1S/C32H44N4O4/c1-21(2)20-40-30-26(29(38)34-28-24-14-23-15-25(28)18-32(39,16-23)17-24)19-33-36(30)13-12-31(3,4)35-27(37)11-10-22-8-6-5-7-9-22/h5-9,12-13,19,21,23-25,28,39H,10-11,14-18,20H2,1-4H3,(H,34,38)(H,35,37). The highest BCUT2D eigenvalue weighted by Gasteiger charge is 2.55. The number of hydrogen-bond donors (Lipinski definition) is 3. The monoisotopic (exact) mass is 548 g/mol. The molecule has 4 fully saturated rings. The fraction of sp³-hybridized carbons (Fsp3) is 0.594. The summed E-state index contributed by atoms with van der Waals surface area (Å²) in [6.07, 6.45) is 10.9. The Kier molecular flexibility index (Phi) is 8.09. The lowest BCUT2D eigenvalue weighted by Gasteiger charge is -2.58. The summed E-state index contributed by atoms with van der Waals surface area (Å²) in [5, 5.41) is 21.8. The molecule has 2 aromatic rings. The molecule has 2 atom stereocenters. The average Bonchev–Trinajstić information content (AvgIpc) is 3.29. The third-order valence-corrected chi connectivity index (χ3v) is 8.66. The van der Waals surface area contributed by atoms with Gasteiger partial charge in [-0.15, -0.1) is 0 Å². The summed E-state index contributed by atoms with van der Waals surface area (Å²) in [4.78, 5) is 26.2. The number of aromatic nitrogens is 2. The second-order valence-electron chi connectivity index (χ2n) is 13.3. The Balaban J connectivity index is 1.26. The lowest BCUT2D eigenvalue weighted by Crippen LogP contribution is -2.61. The summed E-state index contributed by atoms with van der Waals surface area (Å²) in [7, 11) is 0. The lowest BCUT2D eigenvalue weighted by atomic mass is 9.52. The fourth-order valence-corrected chi connectivity index (χ4v) is 7.07. The van der Waals surface area contributed by atoms with Crippen LogP contribution in [-0.2, 0) is 11.2 Å². The number of nitrogens with zero attached hydrogens (tertiary/aromatic N) is 2. The van der Waals surface area contributed by atoms with Gasteiger partial charge in [-0.05, 0) is 87.7 Å². The largest absolute Gasteiger partial charge is 0.477 e. The number of carbonyl (C=O) groups is 2. The Labute approximate surface area is 237 Å². The molecular formula is C32H44N4O4. The molecule has 216 valence electrons. The smallest absolute Gasteiger partial charge is 0.258 e. The Bertz CT molecular complexity index is 1220. The van der Waals surface area contributed by atoms with E-state index in [-0.39, 0.29) is 23.8 Å². The fourth-order valence-electron chi connectivity index (χ4n) is 7.07. The number of aryl methyl sites for hydroxylation is 1. The molecule has 0 aliphatic heterocycles. The zero-order valence-electron chi connectivity index (χ0n) is 24.2. The molecule has 3 N–H and O–H groups in total. The molecule has 40 heavy (non-hydrogen) atoms. The van der Waals surface area contributed by atoms with E-state index in [0.717, 1.165) is 37.7 Å². The van der Waals surface area contributed by atoms with Crippen LogP contribution in [0.5, 0.6) is 5.88 Å². The molecule has 1 aromatic carbocycles. The van der Waals surface area contributed by atoms with Crippen LogP contribution in [0.2, 0.25) is 0 Å². The number of carbonyl (C=O) groups excluding carboxylic acids is 2. The van der Waals surface area contributed by atoms with Gasteiger partial charge in [0.1, 0.15) is 5.56 Å². The van der Waals surface area contributed by atoms with Gasteiger partial charge in [0.05, 0.1) is 23.9 Å². The van der Waals surface area contributed by atoms with Crippen molar-refractivity contribution in [3.8, 4) is 5.88 Å². The van der Waals surface area contributed by atoms with E-state index in [9.17, 15) is 14.7 Å². The van der Waals surface area contributed by atoms with Gasteiger partial charge >= 0.3 is 0 Å². The molecule has 4 saturated carbocycles. The van der Waals surface area contributed by atoms with Crippen molar-refractivity contribution in [2.24, 2.45) is 23.7 Å². The van der Waals surface area contributed by atoms with E-state index >= 15 is 0 Å². The Hall–Kier alpha value is -3.13. The SMILES string of the molecule is CC(C)COc1c(C(=O)NC2C3CC4CC2CC(O)(C4)C3)cnn1C=CC(C)(C)NC(=O)CCc1ccccc1. The van der Waals surface area contributed by atoms with Gasteiger partial charge in [-0.2, -0.15) is 5.10 Å². The molecule has 1 heterocycles. The van der Waals surface area contributed by atoms with Crippen molar-refractivity contribution in [2.45, 2.75) is 89.8 Å². The van der Waals surface area contributed by atoms with E-state index in [2.05, 4.69) is 29.6 Å². The number of ether oxygens (including phenoxy) is 1. The Morgan fingerprint density at radius 2 is 1.88 bits per heavy atom. The van der Waals surface area contributed by atoms with Crippen LogP contribution in [-0.4, -0.2) is 50.5 Å². The molecule has 2 unspecified atom stereocenters. The van der Waals surface area contributed by atoms with Gasteiger partial charge in [-0.3, -0.25) is 9.59 Å². The number of rotatable bonds is 11. The summed E-state index contributed by atoms with van der Waals surface area (Å²) in [5.41, 5.74) is 0.369. The van der Waals surface area contributed by atoms with Crippen LogP contribution in [0.1, 0.15) is 82.1 Å². The van der Waals surface area contributed by atoms with Gasteiger partial charge in [0.15, 0.2) is 0 Å². The minimum atomic E-state index is -0.627. The van der Waals surface area contributed by atoms with Gasteiger partial charge < -0.3 is 20.5 Å². The molecule has 0 radical (unpaired) electrons. The predicted octanol–water partition coefficient (Wildman–Crippen LogP) is 4.59. The first-order chi connectivity index (χ1) is 19.0. The first-order valence-corrected chi connectivity index (χ1v) is 14.8. The van der Waals surface area contributed by atoms with E-state index in [1.807, 2.05) is 50.3 Å². The maximum Gasteiger partial charge on any atom is 0.258 e. The molecule has 2 amide bonds. The average molecular weight is 549 g/mol. The zero-order chi connectivity index (χ0) is 28.5. The molecule has 8 heteroatoms. The summed E-state index contributed by atoms with van der Waals surface area (Å²) >= 11 is 0. The number of nitrogens with one attached hydrogen (secondary N) is 2. The highest BCUT2D eigenvalue weighted by Crippen LogP contribution is 2.55. The molecule has 0 saturated heterocycles. The van der Waals surface area contributed by atoms with Crippen LogP contribution < -0.4 is 15.4 Å². The maximum atomic E-state index is 13.5. The number of aliphatic hydroxyl groups is 1. The first-order valence-electron chi connectivity index (χ1n) is 14.8. The van der Waals surface area contributed by atoms with E-state index in [4.69, 9.17) is 4.74 Å². The van der Waals surface area contributed by atoms with Crippen LogP contribution in [0.4, 0.5) is 0 Å². The van der Waals surface area contributed by atoms with E-state index < -0.39 is 11.1 Å². The minimum Gasteiger partial charge on any atom is -0.477 e. The molecule has 8 nitrogen and oxygen atoms in total. The van der Waals surface area contributed by atoms with Crippen LogP contribution >= 0.6 is 0 Å². The summed E-state index contributed by atoms with van der Waals surface area (Å²) in [5.74, 6) is 1.68. The second kappa shape index (κ2) is 11.4. The first kappa shape index (κ1) is 28.4. The maximum absolute atomic E-state index is 13.5. The van der Waals surface area contributed by atoms with Crippen LogP contribution in [0.15, 0.2) is 42.6 Å². The molecule has 0 spiro atoms. The molecule has 4 aliphatic carbocycles. The van der Waals surface area contributed by atoms with Crippen molar-refractivity contribution < 1.29 is 19.4 Å². The number of benzene rings is 1. The van der Waals surface area contributed by atoms with Crippen LogP contribution in [0.25, 0.3) is 6.20 Å². The second-order valence-corrected chi connectivity index (χ2v) is 13.3. The third-order valence-electron chi connectivity index (χ3n) is 8.66. The van der Waals surface area contributed by atoms with Gasteiger partial charge in [0, 0.05) is 18.7 Å². The van der Waals surface area contributed by atoms with E-state index in [1.54, 1.807) is 17.1 Å². The highest BCUT2D eigenvalue weighted by molar-refractivity contribution is 5.96. The van der Waals surface area contributed by atoms with E-state index in [1.165, 1.54) is 0 Å². The van der Waals surface area contributed by atoms with Crippen molar-refractivity contribution in [3.63, 3.8) is 0 Å². The summed E-state index contributed by atoms with van der Waals surface area (Å²) < 4.78 is 7.69. The summed E-state index contributed by atoms with van der Waals surface area (Å²) in [6, 6.07) is 10.0. The van der Waals surface area contributed by atoms with Crippen molar-refractivity contribution in [2.75, 3.05) is 6.61 Å². The number of hydrogen-bond acceptors (Lipinski definition) is 5. The van der Waals surface area contributed by atoms with Crippen molar-refractivity contribution in [3.05, 3.63) is 53.7 Å². The molecular weight excluding hydrogens is 504 g/mol. The minimum absolute atomic E-state index is 0.0318. The van der Waals surface area contributed by atoms with Crippen molar-refractivity contribution >= 4 is 18.0 Å². The Morgan fingerprint density at radius 1 is 1.18 bits per heavy atom. The summed E-state index contributed by atoms with van der Waals surface area (Å²) in [6.45, 7) is 8.42. The predicted molar refractivity (Wildman–Crippen MR) is 155 cm³/mol. The van der Waals surface area contributed by atoms with Crippen LogP contribution in [0, 0.1) is 23.7 Å². The van der Waals surface area contributed by atoms with Crippen molar-refractivity contribution in [1.29, 1.82) is 0 Å². The normalized spacial score (nSPS) is 27.4. The van der Waals surface area contributed by atoms with Gasteiger partial charge in [-0.1, -0.05) is 44.2 Å². The van der Waals surface area contributed by atoms with Gasteiger partial charge in [-0.25, -0.2) is 4.68 Å². The highest BCUT2D eigenvalue weighted by atomic mass is 16.5. The topological polar surface area (TPSA) is 105 Å². The lowest BCUT2D eigenvalue weighted by molar-refractivity contribution is -0.137. The Morgan fingerprint density at radius 3 is 2.52 bits per heavy atom. The van der Waals surface area contributed by atoms with E-state index in [0.29, 0.717) is 48.6 Å². The van der Waals surface area contributed by atoms with Crippen molar-refractivity contribution in [1.82, 2.24) is 20.4 Å². The molecule has 4 aliphatic rings. The van der Waals surface area contributed by atoms with Gasteiger partial charge in [0.2, 0.25) is 11.8 Å². The zero-order valence-corrected chi connectivity index (χ0v) is 24.2. The molecule has 6 rings (SSSR count). The molecule has 1 aromatic heterocycles. The van der Waals surface area contributed by atoms with Crippen LogP contribution in [0.3, 0.4) is 0 Å².